The molecule has 3 heteroatoms. The molecule has 0 amide bonds. The van der Waals surface area contributed by atoms with Crippen LogP contribution in [0.2, 0.25) is 0 Å². The highest BCUT2D eigenvalue weighted by Gasteiger charge is 2.27. The van der Waals surface area contributed by atoms with Crippen molar-refractivity contribution in [1.29, 1.82) is 0 Å². The van der Waals surface area contributed by atoms with Crippen LogP contribution in [0.25, 0.3) is 0 Å². The van der Waals surface area contributed by atoms with Crippen LogP contribution in [-0.4, -0.2) is 36.6 Å². The summed E-state index contributed by atoms with van der Waals surface area (Å²) in [5, 5.41) is 0. The number of hydrogen-bond donors (Lipinski definition) is 0. The Hall–Kier alpha value is -1.09. The zero-order valence-electron chi connectivity index (χ0n) is 13.5. The van der Waals surface area contributed by atoms with Gasteiger partial charge in [0, 0.05) is 37.9 Å². The average molecular weight is 275 g/mol. The Morgan fingerprint density at radius 3 is 2.90 bits per heavy atom. The van der Waals surface area contributed by atoms with Gasteiger partial charge in [-0.25, -0.2) is 4.98 Å². The van der Waals surface area contributed by atoms with E-state index < -0.39 is 0 Å². The number of aromatic nitrogens is 1. The van der Waals surface area contributed by atoms with Gasteiger partial charge in [0.1, 0.15) is 5.82 Å². The van der Waals surface area contributed by atoms with Crippen molar-refractivity contribution in [2.75, 3.05) is 31.6 Å². The summed E-state index contributed by atoms with van der Waals surface area (Å²) in [5.41, 5.74) is 1.41. The SMILES string of the molecule is CCN(C)c1ncccc1[C@H]1CCCCN1CC(C)C. The topological polar surface area (TPSA) is 19.4 Å². The van der Waals surface area contributed by atoms with E-state index in [0.717, 1.165) is 18.3 Å². The minimum Gasteiger partial charge on any atom is -0.360 e. The van der Waals surface area contributed by atoms with Crippen molar-refractivity contribution in [1.82, 2.24) is 9.88 Å². The lowest BCUT2D eigenvalue weighted by atomic mass is 9.94. The smallest absolute Gasteiger partial charge is 0.133 e. The molecule has 1 atom stereocenters. The van der Waals surface area contributed by atoms with Crippen LogP contribution in [0.3, 0.4) is 0 Å². The van der Waals surface area contributed by atoms with Crippen molar-refractivity contribution >= 4 is 5.82 Å². The Kier molecular flexibility index (Phi) is 5.41. The molecule has 2 heterocycles. The maximum atomic E-state index is 4.64. The molecule has 0 bridgehead atoms. The van der Waals surface area contributed by atoms with E-state index in [-0.39, 0.29) is 0 Å². The summed E-state index contributed by atoms with van der Waals surface area (Å²) in [7, 11) is 2.14. The Bertz CT molecular complexity index is 416. The standard InChI is InChI=1S/C17H29N3/c1-5-19(4)17-15(9-8-11-18-17)16-10-6-7-12-20(16)13-14(2)3/h8-9,11,14,16H,5-7,10,12-13H2,1-4H3/t16-/m1/s1. The third-order valence-electron chi connectivity index (χ3n) is 4.23. The largest absolute Gasteiger partial charge is 0.360 e. The third kappa shape index (κ3) is 3.51. The number of likely N-dealkylation sites (tertiary alicyclic amines) is 1. The summed E-state index contributed by atoms with van der Waals surface area (Å²) in [6.07, 6.45) is 5.86. The predicted molar refractivity (Wildman–Crippen MR) is 86.2 cm³/mol. The van der Waals surface area contributed by atoms with Crippen LogP contribution in [-0.2, 0) is 0 Å². The highest BCUT2D eigenvalue weighted by atomic mass is 15.2. The maximum absolute atomic E-state index is 4.64. The molecule has 3 nitrogen and oxygen atoms in total. The summed E-state index contributed by atoms with van der Waals surface area (Å²) in [6, 6.07) is 4.91. The molecule has 0 unspecified atom stereocenters. The monoisotopic (exact) mass is 275 g/mol. The second kappa shape index (κ2) is 7.07. The van der Waals surface area contributed by atoms with Gasteiger partial charge in [-0.05, 0) is 38.3 Å². The van der Waals surface area contributed by atoms with Gasteiger partial charge in [0.05, 0.1) is 0 Å². The second-order valence-electron chi connectivity index (χ2n) is 6.33. The van der Waals surface area contributed by atoms with E-state index in [9.17, 15) is 0 Å². The summed E-state index contributed by atoms with van der Waals surface area (Å²) in [5.74, 6) is 1.88. The first-order chi connectivity index (χ1) is 9.63. The van der Waals surface area contributed by atoms with Crippen molar-refractivity contribution in [3.05, 3.63) is 23.9 Å². The van der Waals surface area contributed by atoms with E-state index in [1.807, 2.05) is 6.20 Å². The van der Waals surface area contributed by atoms with Gasteiger partial charge in [-0.3, -0.25) is 4.90 Å². The molecule has 112 valence electrons. The van der Waals surface area contributed by atoms with E-state index in [4.69, 9.17) is 0 Å². The van der Waals surface area contributed by atoms with Gasteiger partial charge in [-0.1, -0.05) is 26.3 Å². The van der Waals surface area contributed by atoms with Gasteiger partial charge in [0.25, 0.3) is 0 Å². The molecular weight excluding hydrogens is 246 g/mol. The van der Waals surface area contributed by atoms with Gasteiger partial charge >= 0.3 is 0 Å². The molecular formula is C17H29N3. The molecule has 0 aliphatic carbocycles. The molecule has 1 aliphatic heterocycles. The fraction of sp³-hybridized carbons (Fsp3) is 0.706. The van der Waals surface area contributed by atoms with Gasteiger partial charge in [0.2, 0.25) is 0 Å². The zero-order chi connectivity index (χ0) is 14.5. The Morgan fingerprint density at radius 1 is 1.40 bits per heavy atom. The number of piperidine rings is 1. The van der Waals surface area contributed by atoms with Crippen molar-refractivity contribution in [2.45, 2.75) is 46.1 Å². The van der Waals surface area contributed by atoms with Crippen molar-refractivity contribution in [3.63, 3.8) is 0 Å². The molecule has 2 rings (SSSR count). The van der Waals surface area contributed by atoms with Gasteiger partial charge in [-0.2, -0.15) is 0 Å². The van der Waals surface area contributed by atoms with Crippen LogP contribution in [0.4, 0.5) is 5.82 Å². The summed E-state index contributed by atoms with van der Waals surface area (Å²) in [6.45, 7) is 10.2. The first-order valence-corrected chi connectivity index (χ1v) is 8.03. The minimum absolute atomic E-state index is 0.545. The number of hydrogen-bond acceptors (Lipinski definition) is 3. The highest BCUT2D eigenvalue weighted by Crippen LogP contribution is 2.35. The average Bonchev–Trinajstić information content (AvgIpc) is 2.46. The van der Waals surface area contributed by atoms with Crippen LogP contribution < -0.4 is 4.90 Å². The lowest BCUT2D eigenvalue weighted by Gasteiger charge is -2.38. The van der Waals surface area contributed by atoms with Gasteiger partial charge in [0.15, 0.2) is 0 Å². The van der Waals surface area contributed by atoms with Crippen molar-refractivity contribution in [2.24, 2.45) is 5.92 Å². The number of nitrogens with zero attached hydrogens (tertiary/aromatic N) is 3. The quantitative estimate of drug-likeness (QED) is 0.816. The molecule has 1 aromatic heterocycles. The van der Waals surface area contributed by atoms with Crippen LogP contribution in [0.1, 0.15) is 51.6 Å². The third-order valence-corrected chi connectivity index (χ3v) is 4.23. The summed E-state index contributed by atoms with van der Waals surface area (Å²) in [4.78, 5) is 9.56. The van der Waals surface area contributed by atoms with Crippen LogP contribution in [0.5, 0.6) is 0 Å². The molecule has 0 saturated carbocycles. The zero-order valence-corrected chi connectivity index (χ0v) is 13.5. The van der Waals surface area contributed by atoms with Crippen LogP contribution >= 0.6 is 0 Å². The van der Waals surface area contributed by atoms with Gasteiger partial charge < -0.3 is 4.90 Å². The van der Waals surface area contributed by atoms with E-state index in [1.165, 1.54) is 37.9 Å². The first-order valence-electron chi connectivity index (χ1n) is 8.03. The number of pyridine rings is 1. The molecule has 1 aromatic rings. The Morgan fingerprint density at radius 2 is 2.20 bits per heavy atom. The first kappa shape index (κ1) is 15.3. The maximum Gasteiger partial charge on any atom is 0.133 e. The highest BCUT2D eigenvalue weighted by molar-refractivity contribution is 5.47. The number of anilines is 1. The molecule has 1 saturated heterocycles. The fourth-order valence-electron chi connectivity index (χ4n) is 3.17. The van der Waals surface area contributed by atoms with E-state index in [1.54, 1.807) is 0 Å². The molecule has 1 aliphatic rings. The van der Waals surface area contributed by atoms with Crippen LogP contribution in [0.15, 0.2) is 18.3 Å². The fourth-order valence-corrected chi connectivity index (χ4v) is 3.17. The lowest BCUT2D eigenvalue weighted by Crippen LogP contribution is -2.37. The summed E-state index contributed by atoms with van der Waals surface area (Å²) < 4.78 is 0. The van der Waals surface area contributed by atoms with Gasteiger partial charge in [-0.15, -0.1) is 0 Å². The molecule has 0 radical (unpaired) electrons. The molecule has 0 N–H and O–H groups in total. The second-order valence-corrected chi connectivity index (χ2v) is 6.33. The summed E-state index contributed by atoms with van der Waals surface area (Å²) >= 11 is 0. The normalized spacial score (nSPS) is 20.4. The molecule has 20 heavy (non-hydrogen) atoms. The number of rotatable bonds is 5. The molecule has 1 fully saturated rings. The minimum atomic E-state index is 0.545. The Balaban J connectivity index is 2.27. The molecule has 0 aromatic carbocycles. The van der Waals surface area contributed by atoms with Crippen molar-refractivity contribution < 1.29 is 0 Å². The van der Waals surface area contributed by atoms with E-state index in [0.29, 0.717) is 6.04 Å². The lowest BCUT2D eigenvalue weighted by molar-refractivity contribution is 0.132. The molecule has 0 spiro atoms. The Labute approximate surface area is 124 Å². The van der Waals surface area contributed by atoms with E-state index in [2.05, 4.69) is 54.7 Å². The van der Waals surface area contributed by atoms with E-state index >= 15 is 0 Å². The van der Waals surface area contributed by atoms with Crippen LogP contribution in [0, 0.1) is 5.92 Å². The predicted octanol–water partition coefficient (Wildman–Crippen LogP) is 3.72. The van der Waals surface area contributed by atoms with Crippen molar-refractivity contribution in [3.8, 4) is 0 Å².